The molecule has 1 aliphatic heterocycles. The molecule has 0 radical (unpaired) electrons. The fourth-order valence-electron chi connectivity index (χ4n) is 3.43. The molecule has 1 fully saturated rings. The van der Waals surface area contributed by atoms with Gasteiger partial charge in [-0.05, 0) is 39.0 Å². The molecule has 25 heavy (non-hydrogen) atoms. The summed E-state index contributed by atoms with van der Waals surface area (Å²) in [5.41, 5.74) is 2.25. The van der Waals surface area contributed by atoms with Gasteiger partial charge in [-0.3, -0.25) is 4.79 Å². The SMILES string of the molecule is Cc1noc(C)c1C(=O)N1Cc2cncn2CC[C@@H]1COCC1CC1. The van der Waals surface area contributed by atoms with Crippen molar-refractivity contribution in [2.75, 3.05) is 13.2 Å². The molecule has 0 saturated heterocycles. The zero-order chi connectivity index (χ0) is 17.4. The lowest BCUT2D eigenvalue weighted by atomic mass is 10.1. The van der Waals surface area contributed by atoms with Crippen LogP contribution in [0.3, 0.4) is 0 Å². The van der Waals surface area contributed by atoms with E-state index in [9.17, 15) is 4.79 Å². The van der Waals surface area contributed by atoms with E-state index in [-0.39, 0.29) is 11.9 Å². The molecule has 2 aliphatic rings. The molecule has 0 aromatic carbocycles. The van der Waals surface area contributed by atoms with Crippen molar-refractivity contribution in [1.29, 1.82) is 0 Å². The average Bonchev–Trinajstić information content (AvgIpc) is 3.26. The smallest absolute Gasteiger partial charge is 0.260 e. The van der Waals surface area contributed by atoms with Gasteiger partial charge >= 0.3 is 0 Å². The van der Waals surface area contributed by atoms with Gasteiger partial charge in [0.25, 0.3) is 5.91 Å². The Morgan fingerprint density at radius 1 is 1.32 bits per heavy atom. The van der Waals surface area contributed by atoms with E-state index >= 15 is 0 Å². The number of ether oxygens (including phenoxy) is 1. The second-order valence-electron chi connectivity index (χ2n) is 7.13. The van der Waals surface area contributed by atoms with Crippen LogP contribution in [0.15, 0.2) is 17.0 Å². The van der Waals surface area contributed by atoms with Crippen molar-refractivity contribution >= 4 is 5.91 Å². The Hall–Kier alpha value is -2.15. The molecule has 4 rings (SSSR count). The molecule has 0 N–H and O–H groups in total. The number of carbonyl (C=O) groups is 1. The number of carbonyl (C=O) groups excluding carboxylic acids is 1. The minimum atomic E-state index is -0.0362. The molecular formula is C18H24N4O3. The van der Waals surface area contributed by atoms with Crippen LogP contribution in [-0.4, -0.2) is 44.8 Å². The number of amides is 1. The van der Waals surface area contributed by atoms with Crippen LogP contribution in [-0.2, 0) is 17.8 Å². The van der Waals surface area contributed by atoms with E-state index in [1.165, 1.54) is 12.8 Å². The molecule has 7 nitrogen and oxygen atoms in total. The van der Waals surface area contributed by atoms with Gasteiger partial charge in [0.2, 0.25) is 0 Å². The first-order valence-electron chi connectivity index (χ1n) is 8.94. The van der Waals surface area contributed by atoms with Gasteiger partial charge in [0.1, 0.15) is 11.3 Å². The van der Waals surface area contributed by atoms with E-state index in [0.29, 0.717) is 30.2 Å². The summed E-state index contributed by atoms with van der Waals surface area (Å²) in [5, 5.41) is 3.94. The Labute approximate surface area is 146 Å². The maximum atomic E-state index is 13.2. The molecule has 134 valence electrons. The summed E-state index contributed by atoms with van der Waals surface area (Å²) >= 11 is 0. The van der Waals surface area contributed by atoms with Gasteiger partial charge in [-0.2, -0.15) is 0 Å². The summed E-state index contributed by atoms with van der Waals surface area (Å²) in [4.78, 5) is 19.4. The maximum Gasteiger partial charge on any atom is 0.260 e. The van der Waals surface area contributed by atoms with Crippen LogP contribution >= 0.6 is 0 Å². The predicted octanol–water partition coefficient (Wildman–Crippen LogP) is 2.33. The van der Waals surface area contributed by atoms with Crippen LogP contribution in [0.2, 0.25) is 0 Å². The third-order valence-corrected chi connectivity index (χ3v) is 5.14. The lowest BCUT2D eigenvalue weighted by molar-refractivity contribution is 0.0369. The van der Waals surface area contributed by atoms with Gasteiger partial charge in [-0.25, -0.2) is 4.98 Å². The Kier molecular flexibility index (Phi) is 4.33. The Morgan fingerprint density at radius 3 is 2.88 bits per heavy atom. The van der Waals surface area contributed by atoms with Crippen LogP contribution in [0.25, 0.3) is 0 Å². The second kappa shape index (κ2) is 6.63. The summed E-state index contributed by atoms with van der Waals surface area (Å²) in [6.07, 6.45) is 7.05. The van der Waals surface area contributed by atoms with Crippen LogP contribution in [0.4, 0.5) is 0 Å². The summed E-state index contributed by atoms with van der Waals surface area (Å²) in [6, 6.07) is 0.0415. The molecule has 1 saturated carbocycles. The standard InChI is InChI=1S/C18H24N4O3/c1-12-17(13(2)25-20-12)18(23)22-8-16-7-19-11-21(16)6-5-15(22)10-24-9-14-3-4-14/h7,11,14-15H,3-6,8-10H2,1-2H3/t15-/m1/s1. The van der Waals surface area contributed by atoms with E-state index in [2.05, 4.69) is 14.7 Å². The molecule has 0 bridgehead atoms. The van der Waals surface area contributed by atoms with E-state index < -0.39 is 0 Å². The molecule has 0 spiro atoms. The number of nitrogens with zero attached hydrogens (tertiary/aromatic N) is 4. The minimum absolute atomic E-state index is 0.0362. The van der Waals surface area contributed by atoms with Crippen molar-refractivity contribution in [2.45, 2.75) is 52.2 Å². The third kappa shape index (κ3) is 3.33. The first-order chi connectivity index (χ1) is 12.1. The van der Waals surface area contributed by atoms with E-state index in [0.717, 1.165) is 31.2 Å². The van der Waals surface area contributed by atoms with Gasteiger partial charge in [-0.15, -0.1) is 0 Å². The van der Waals surface area contributed by atoms with Crippen LogP contribution in [0, 0.1) is 19.8 Å². The van der Waals surface area contributed by atoms with Crippen LogP contribution < -0.4 is 0 Å². The maximum absolute atomic E-state index is 13.2. The Balaban J connectivity index is 1.57. The molecule has 7 heteroatoms. The molecule has 3 heterocycles. The highest BCUT2D eigenvalue weighted by Gasteiger charge is 2.32. The van der Waals surface area contributed by atoms with Crippen LogP contribution in [0.5, 0.6) is 0 Å². The number of fused-ring (bicyclic) bond motifs is 1. The minimum Gasteiger partial charge on any atom is -0.379 e. The average molecular weight is 344 g/mol. The van der Waals surface area contributed by atoms with Crippen molar-refractivity contribution in [3.8, 4) is 0 Å². The molecule has 2 aromatic heterocycles. The van der Waals surface area contributed by atoms with Crippen LogP contribution in [0.1, 0.15) is 46.8 Å². The van der Waals surface area contributed by atoms with Gasteiger partial charge in [0.15, 0.2) is 0 Å². The zero-order valence-electron chi connectivity index (χ0n) is 14.8. The number of hydrogen-bond donors (Lipinski definition) is 0. The van der Waals surface area contributed by atoms with Crippen molar-refractivity contribution in [3.05, 3.63) is 35.2 Å². The highest BCUT2D eigenvalue weighted by atomic mass is 16.5. The molecule has 2 aromatic rings. The van der Waals surface area contributed by atoms with Gasteiger partial charge in [0, 0.05) is 19.3 Å². The van der Waals surface area contributed by atoms with Crippen molar-refractivity contribution < 1.29 is 14.1 Å². The van der Waals surface area contributed by atoms with Gasteiger partial charge < -0.3 is 18.7 Å². The monoisotopic (exact) mass is 344 g/mol. The number of rotatable bonds is 5. The number of hydrogen-bond acceptors (Lipinski definition) is 5. The second-order valence-corrected chi connectivity index (χ2v) is 7.13. The number of imidazole rings is 1. The first kappa shape index (κ1) is 16.3. The predicted molar refractivity (Wildman–Crippen MR) is 90.0 cm³/mol. The molecule has 0 unspecified atom stereocenters. The van der Waals surface area contributed by atoms with Crippen molar-refractivity contribution in [3.63, 3.8) is 0 Å². The van der Waals surface area contributed by atoms with Crippen molar-refractivity contribution in [2.24, 2.45) is 5.92 Å². The lowest BCUT2D eigenvalue weighted by Gasteiger charge is -2.29. The Morgan fingerprint density at radius 2 is 2.16 bits per heavy atom. The van der Waals surface area contributed by atoms with E-state index in [1.54, 1.807) is 6.92 Å². The summed E-state index contributed by atoms with van der Waals surface area (Å²) < 4.78 is 13.3. The number of aryl methyl sites for hydroxylation is 3. The van der Waals surface area contributed by atoms with E-state index in [1.807, 2.05) is 24.3 Å². The molecule has 1 amide bonds. The van der Waals surface area contributed by atoms with Gasteiger partial charge in [-0.1, -0.05) is 5.16 Å². The zero-order valence-corrected chi connectivity index (χ0v) is 14.8. The van der Waals surface area contributed by atoms with Gasteiger partial charge in [0.05, 0.1) is 36.9 Å². The fraction of sp³-hybridized carbons (Fsp3) is 0.611. The largest absolute Gasteiger partial charge is 0.379 e. The highest BCUT2D eigenvalue weighted by molar-refractivity contribution is 5.96. The lowest BCUT2D eigenvalue weighted by Crippen LogP contribution is -2.42. The molecular weight excluding hydrogens is 320 g/mol. The van der Waals surface area contributed by atoms with Crippen molar-refractivity contribution in [1.82, 2.24) is 19.6 Å². The van der Waals surface area contributed by atoms with E-state index in [4.69, 9.17) is 9.26 Å². The third-order valence-electron chi connectivity index (χ3n) is 5.14. The Bertz CT molecular complexity index is 743. The first-order valence-corrected chi connectivity index (χ1v) is 8.94. The topological polar surface area (TPSA) is 73.4 Å². The normalized spacial score (nSPS) is 20.4. The summed E-state index contributed by atoms with van der Waals surface area (Å²) in [7, 11) is 0. The number of aromatic nitrogens is 3. The molecule has 1 aliphatic carbocycles. The summed E-state index contributed by atoms with van der Waals surface area (Å²) in [5.74, 6) is 1.25. The molecule has 1 atom stereocenters. The summed E-state index contributed by atoms with van der Waals surface area (Å²) in [6.45, 7) is 6.35. The quantitative estimate of drug-likeness (QED) is 0.832. The fourth-order valence-corrected chi connectivity index (χ4v) is 3.43. The highest BCUT2D eigenvalue weighted by Crippen LogP contribution is 2.29.